The summed E-state index contributed by atoms with van der Waals surface area (Å²) in [6.45, 7) is 4.85. The third-order valence-electron chi connectivity index (χ3n) is 4.30. The number of hydrogen-bond donors (Lipinski definition) is 0. The quantitative estimate of drug-likeness (QED) is 0.723. The maximum absolute atomic E-state index is 13.0. The van der Waals surface area contributed by atoms with Gasteiger partial charge in [0.05, 0.1) is 16.1 Å². The number of amides is 1. The molecule has 1 aliphatic rings. The summed E-state index contributed by atoms with van der Waals surface area (Å²) in [7, 11) is 0. The van der Waals surface area contributed by atoms with Gasteiger partial charge in [-0.25, -0.2) is 0 Å². The second-order valence-corrected chi connectivity index (χ2v) is 6.85. The molecule has 0 spiro atoms. The van der Waals surface area contributed by atoms with E-state index in [1.54, 1.807) is 18.3 Å². The topological polar surface area (TPSA) is 62.5 Å². The van der Waals surface area contributed by atoms with Crippen LogP contribution < -0.4 is 4.90 Å². The standard InChI is InChI=1S/C18H18N4O2S/c1-13-19-17(24-20-13)14-5-2-3-6-15(14)18(23)22-10-8-21(9-11-22)16-7-4-12-25-16/h2-7,12H,8-11H2,1H3. The number of anilines is 1. The van der Waals surface area contributed by atoms with Crippen molar-refractivity contribution in [2.24, 2.45) is 0 Å². The molecule has 25 heavy (non-hydrogen) atoms. The van der Waals surface area contributed by atoms with E-state index in [0.717, 1.165) is 13.1 Å². The first-order valence-corrected chi connectivity index (χ1v) is 9.08. The van der Waals surface area contributed by atoms with Gasteiger partial charge in [0.2, 0.25) is 0 Å². The molecule has 4 rings (SSSR count). The molecular formula is C18H18N4O2S. The molecule has 0 radical (unpaired) electrons. The van der Waals surface area contributed by atoms with E-state index in [1.807, 2.05) is 29.2 Å². The molecule has 0 aliphatic carbocycles. The molecule has 1 saturated heterocycles. The van der Waals surface area contributed by atoms with E-state index in [-0.39, 0.29) is 5.91 Å². The van der Waals surface area contributed by atoms with Crippen molar-refractivity contribution >= 4 is 22.2 Å². The van der Waals surface area contributed by atoms with Gasteiger partial charge in [-0.1, -0.05) is 17.3 Å². The fourth-order valence-electron chi connectivity index (χ4n) is 3.01. The summed E-state index contributed by atoms with van der Waals surface area (Å²) in [4.78, 5) is 21.5. The highest BCUT2D eigenvalue weighted by molar-refractivity contribution is 7.14. The number of piperazine rings is 1. The van der Waals surface area contributed by atoms with Crippen molar-refractivity contribution in [1.82, 2.24) is 15.0 Å². The maximum Gasteiger partial charge on any atom is 0.258 e. The number of rotatable bonds is 3. The number of hydrogen-bond acceptors (Lipinski definition) is 6. The normalized spacial score (nSPS) is 14.8. The van der Waals surface area contributed by atoms with E-state index >= 15 is 0 Å². The number of carbonyl (C=O) groups is 1. The first kappa shape index (κ1) is 15.8. The largest absolute Gasteiger partial charge is 0.360 e. The molecule has 0 bridgehead atoms. The molecule has 3 aromatic rings. The molecule has 1 aliphatic heterocycles. The van der Waals surface area contributed by atoms with Crippen molar-refractivity contribution in [2.45, 2.75) is 6.92 Å². The molecule has 1 amide bonds. The summed E-state index contributed by atoms with van der Waals surface area (Å²) >= 11 is 1.73. The van der Waals surface area contributed by atoms with E-state index in [1.165, 1.54) is 5.00 Å². The zero-order valence-electron chi connectivity index (χ0n) is 13.9. The highest BCUT2D eigenvalue weighted by atomic mass is 32.1. The average Bonchev–Trinajstić information content (AvgIpc) is 3.33. The van der Waals surface area contributed by atoms with Gasteiger partial charge in [-0.15, -0.1) is 11.3 Å². The van der Waals surface area contributed by atoms with Crippen LogP contribution in [0.25, 0.3) is 11.5 Å². The van der Waals surface area contributed by atoms with Crippen molar-refractivity contribution in [3.05, 3.63) is 53.2 Å². The molecule has 1 fully saturated rings. The first-order chi connectivity index (χ1) is 12.2. The van der Waals surface area contributed by atoms with E-state index < -0.39 is 0 Å². The number of carbonyl (C=O) groups excluding carboxylic acids is 1. The molecule has 0 unspecified atom stereocenters. The molecule has 0 atom stereocenters. The maximum atomic E-state index is 13.0. The molecule has 3 heterocycles. The molecule has 128 valence electrons. The molecular weight excluding hydrogens is 336 g/mol. The predicted octanol–water partition coefficient (Wildman–Crippen LogP) is 3.07. The van der Waals surface area contributed by atoms with Crippen LogP contribution >= 0.6 is 11.3 Å². The van der Waals surface area contributed by atoms with Gasteiger partial charge in [0.1, 0.15) is 0 Å². The van der Waals surface area contributed by atoms with Crippen molar-refractivity contribution in [1.29, 1.82) is 0 Å². The fraction of sp³-hybridized carbons (Fsp3) is 0.278. The van der Waals surface area contributed by atoms with Crippen LogP contribution in [0.3, 0.4) is 0 Å². The van der Waals surface area contributed by atoms with Gasteiger partial charge < -0.3 is 14.3 Å². The van der Waals surface area contributed by atoms with Gasteiger partial charge >= 0.3 is 0 Å². The summed E-state index contributed by atoms with van der Waals surface area (Å²) in [6, 6.07) is 11.6. The fourth-order valence-corrected chi connectivity index (χ4v) is 3.80. The highest BCUT2D eigenvalue weighted by Gasteiger charge is 2.25. The summed E-state index contributed by atoms with van der Waals surface area (Å²) in [5, 5.41) is 7.16. The van der Waals surface area contributed by atoms with Gasteiger partial charge in [-0.05, 0) is 36.6 Å². The second kappa shape index (κ2) is 6.68. The predicted molar refractivity (Wildman–Crippen MR) is 96.9 cm³/mol. The number of thiophene rings is 1. The van der Waals surface area contributed by atoms with Crippen LogP contribution in [0.2, 0.25) is 0 Å². The van der Waals surface area contributed by atoms with Crippen LogP contribution in [0, 0.1) is 6.92 Å². The third-order valence-corrected chi connectivity index (χ3v) is 5.23. The monoisotopic (exact) mass is 354 g/mol. The summed E-state index contributed by atoms with van der Waals surface area (Å²) in [5.41, 5.74) is 1.30. The summed E-state index contributed by atoms with van der Waals surface area (Å²) < 4.78 is 5.26. The minimum atomic E-state index is 0.0114. The second-order valence-electron chi connectivity index (χ2n) is 5.92. The number of aryl methyl sites for hydroxylation is 1. The zero-order chi connectivity index (χ0) is 17.2. The Kier molecular flexibility index (Phi) is 4.23. The summed E-state index contributed by atoms with van der Waals surface area (Å²) in [5.74, 6) is 0.956. The first-order valence-electron chi connectivity index (χ1n) is 8.20. The lowest BCUT2D eigenvalue weighted by molar-refractivity contribution is 0.0747. The van der Waals surface area contributed by atoms with Gasteiger partial charge in [0.15, 0.2) is 5.82 Å². The molecule has 2 aromatic heterocycles. The Morgan fingerprint density at radius 2 is 1.92 bits per heavy atom. The molecule has 0 N–H and O–H groups in total. The summed E-state index contributed by atoms with van der Waals surface area (Å²) in [6.07, 6.45) is 0. The van der Waals surface area contributed by atoms with Gasteiger partial charge in [0.25, 0.3) is 11.8 Å². The number of aromatic nitrogens is 2. The molecule has 0 saturated carbocycles. The Balaban J connectivity index is 1.52. The van der Waals surface area contributed by atoms with Crippen LogP contribution in [0.4, 0.5) is 5.00 Å². The highest BCUT2D eigenvalue weighted by Crippen LogP contribution is 2.25. The van der Waals surface area contributed by atoms with Gasteiger partial charge in [0, 0.05) is 26.2 Å². The van der Waals surface area contributed by atoms with E-state index in [2.05, 4.69) is 32.6 Å². The van der Waals surface area contributed by atoms with Crippen molar-refractivity contribution < 1.29 is 9.32 Å². The van der Waals surface area contributed by atoms with E-state index in [0.29, 0.717) is 35.9 Å². The van der Waals surface area contributed by atoms with Crippen LogP contribution in [-0.4, -0.2) is 47.1 Å². The third kappa shape index (κ3) is 3.15. The Morgan fingerprint density at radius 1 is 1.12 bits per heavy atom. The number of benzene rings is 1. The van der Waals surface area contributed by atoms with Crippen LogP contribution in [0.1, 0.15) is 16.2 Å². The minimum Gasteiger partial charge on any atom is -0.360 e. The number of nitrogens with zero attached hydrogens (tertiary/aromatic N) is 4. The van der Waals surface area contributed by atoms with Gasteiger partial charge in [-0.3, -0.25) is 4.79 Å². The Hall–Kier alpha value is -2.67. The minimum absolute atomic E-state index is 0.0114. The lowest BCUT2D eigenvalue weighted by atomic mass is 10.1. The van der Waals surface area contributed by atoms with Crippen molar-refractivity contribution in [3.8, 4) is 11.5 Å². The van der Waals surface area contributed by atoms with Crippen LogP contribution in [-0.2, 0) is 0 Å². The smallest absolute Gasteiger partial charge is 0.258 e. The van der Waals surface area contributed by atoms with Crippen LogP contribution in [0.5, 0.6) is 0 Å². The SMILES string of the molecule is Cc1noc(-c2ccccc2C(=O)N2CCN(c3cccs3)CC2)n1. The molecule has 7 heteroatoms. The van der Waals surface area contributed by atoms with E-state index in [4.69, 9.17) is 4.52 Å². The Labute approximate surface area is 149 Å². The van der Waals surface area contributed by atoms with Crippen molar-refractivity contribution in [3.63, 3.8) is 0 Å². The average molecular weight is 354 g/mol. The van der Waals surface area contributed by atoms with Gasteiger partial charge in [-0.2, -0.15) is 4.98 Å². The lowest BCUT2D eigenvalue weighted by Gasteiger charge is -2.35. The molecule has 1 aromatic carbocycles. The van der Waals surface area contributed by atoms with Crippen molar-refractivity contribution in [2.75, 3.05) is 31.1 Å². The zero-order valence-corrected chi connectivity index (χ0v) is 14.7. The van der Waals surface area contributed by atoms with E-state index in [9.17, 15) is 4.79 Å². The molecule has 6 nitrogen and oxygen atoms in total. The van der Waals surface area contributed by atoms with Crippen LogP contribution in [0.15, 0.2) is 46.3 Å². The lowest BCUT2D eigenvalue weighted by Crippen LogP contribution is -2.48. The Morgan fingerprint density at radius 3 is 2.60 bits per heavy atom. The Bertz CT molecular complexity index is 867.